The summed E-state index contributed by atoms with van der Waals surface area (Å²) in [6.45, 7) is 1.96. The van der Waals surface area contributed by atoms with Gasteiger partial charge in [-0.3, -0.25) is 5.32 Å². The van der Waals surface area contributed by atoms with Crippen molar-refractivity contribution < 1.29 is 13.2 Å². The zero-order valence-corrected chi connectivity index (χ0v) is 13.8. The topological polar surface area (TPSA) is 131 Å². The van der Waals surface area contributed by atoms with E-state index in [-0.39, 0.29) is 17.5 Å². The Kier molecular flexibility index (Phi) is 6.07. The van der Waals surface area contributed by atoms with Gasteiger partial charge in [0.2, 0.25) is 16.0 Å². The third-order valence-corrected chi connectivity index (χ3v) is 4.66. The minimum absolute atomic E-state index is 0.0155. The molecule has 0 aliphatic carbocycles. The third-order valence-electron chi connectivity index (χ3n) is 2.95. The quantitative estimate of drug-likeness (QED) is 0.737. The van der Waals surface area contributed by atoms with Crippen molar-refractivity contribution in [3.8, 4) is 0 Å². The monoisotopic (exact) mass is 351 g/mol. The van der Waals surface area contributed by atoms with Crippen LogP contribution in [0.15, 0.2) is 30.7 Å². The van der Waals surface area contributed by atoms with Crippen LogP contribution in [-0.4, -0.2) is 45.6 Å². The maximum atomic E-state index is 12.6. The van der Waals surface area contributed by atoms with Crippen LogP contribution in [0.4, 0.5) is 16.6 Å². The normalized spacial score (nSPS) is 11.0. The number of carbonyl (C=O) groups is 1. The van der Waals surface area contributed by atoms with Crippen LogP contribution in [-0.2, 0) is 10.0 Å². The van der Waals surface area contributed by atoms with Crippen LogP contribution in [0, 0.1) is 0 Å². The lowest BCUT2D eigenvalue weighted by Gasteiger charge is -2.20. The summed E-state index contributed by atoms with van der Waals surface area (Å²) < 4.78 is 25.7. The zero-order chi connectivity index (χ0) is 17.4. The highest BCUT2D eigenvalue weighted by Crippen LogP contribution is 2.17. The Bertz CT molecular complexity index is 756. The van der Waals surface area contributed by atoms with Crippen LogP contribution in [0.1, 0.15) is 26.2 Å². The molecule has 2 aromatic rings. The molecule has 11 heteroatoms. The second-order valence-corrected chi connectivity index (χ2v) is 6.71. The molecule has 128 valence electrons. The SMILES string of the molecule is CCCCCS(=O)(=O)N(C(=O)Nc1ncccn1)c1ccnnn1. The number of anilines is 2. The van der Waals surface area contributed by atoms with Crippen molar-refractivity contribution in [3.05, 3.63) is 30.7 Å². The fraction of sp³-hybridized carbons (Fsp3) is 0.385. The van der Waals surface area contributed by atoms with Crippen molar-refractivity contribution in [3.63, 3.8) is 0 Å². The highest BCUT2D eigenvalue weighted by molar-refractivity contribution is 7.93. The molecule has 2 heterocycles. The Labute approximate surface area is 139 Å². The molecule has 0 saturated heterocycles. The molecule has 0 aromatic carbocycles. The summed E-state index contributed by atoms with van der Waals surface area (Å²) in [5.74, 6) is -0.346. The number of nitrogens with one attached hydrogen (secondary N) is 1. The summed E-state index contributed by atoms with van der Waals surface area (Å²) in [7, 11) is -3.93. The fourth-order valence-corrected chi connectivity index (χ4v) is 3.28. The Morgan fingerprint density at radius 3 is 2.58 bits per heavy atom. The Hall–Kier alpha value is -2.69. The second kappa shape index (κ2) is 8.24. The summed E-state index contributed by atoms with van der Waals surface area (Å²) in [5, 5.41) is 12.8. The summed E-state index contributed by atoms with van der Waals surface area (Å²) in [6, 6.07) is 1.93. The van der Waals surface area contributed by atoms with Gasteiger partial charge >= 0.3 is 6.03 Å². The minimum Gasteiger partial charge on any atom is -0.275 e. The molecule has 0 aliphatic heterocycles. The average molecular weight is 351 g/mol. The van der Waals surface area contributed by atoms with Gasteiger partial charge in [-0.05, 0) is 17.7 Å². The fourth-order valence-electron chi connectivity index (χ4n) is 1.85. The Balaban J connectivity index is 2.28. The molecule has 24 heavy (non-hydrogen) atoms. The molecule has 0 spiro atoms. The number of carbonyl (C=O) groups excluding carboxylic acids is 1. The van der Waals surface area contributed by atoms with E-state index in [1.807, 2.05) is 6.92 Å². The van der Waals surface area contributed by atoms with Crippen molar-refractivity contribution in [2.75, 3.05) is 15.4 Å². The molecule has 10 nitrogen and oxygen atoms in total. The molecule has 2 rings (SSSR count). The Morgan fingerprint density at radius 2 is 1.96 bits per heavy atom. The van der Waals surface area contributed by atoms with Crippen LogP contribution < -0.4 is 9.62 Å². The summed E-state index contributed by atoms with van der Waals surface area (Å²) in [5.41, 5.74) is 0. The van der Waals surface area contributed by atoms with Crippen LogP contribution >= 0.6 is 0 Å². The van der Waals surface area contributed by atoms with E-state index in [0.717, 1.165) is 12.8 Å². The molecule has 2 aromatic heterocycles. The largest absolute Gasteiger partial charge is 0.343 e. The van der Waals surface area contributed by atoms with Crippen molar-refractivity contribution in [2.24, 2.45) is 0 Å². The van der Waals surface area contributed by atoms with Crippen molar-refractivity contribution in [1.29, 1.82) is 0 Å². The van der Waals surface area contributed by atoms with Gasteiger partial charge in [0.1, 0.15) is 0 Å². The van der Waals surface area contributed by atoms with E-state index in [0.29, 0.717) is 10.7 Å². The van der Waals surface area contributed by atoms with Crippen LogP contribution in [0.25, 0.3) is 0 Å². The van der Waals surface area contributed by atoms with E-state index >= 15 is 0 Å². The molecule has 0 aliphatic rings. The van der Waals surface area contributed by atoms with Gasteiger partial charge in [0.05, 0.1) is 11.9 Å². The van der Waals surface area contributed by atoms with Gasteiger partial charge in [0.15, 0.2) is 5.82 Å². The highest BCUT2D eigenvalue weighted by Gasteiger charge is 2.31. The van der Waals surface area contributed by atoms with Gasteiger partial charge < -0.3 is 0 Å². The molecule has 2 amide bonds. The van der Waals surface area contributed by atoms with Gasteiger partial charge in [-0.1, -0.05) is 19.8 Å². The number of unbranched alkanes of at least 4 members (excludes halogenated alkanes) is 2. The summed E-state index contributed by atoms with van der Waals surface area (Å²) >= 11 is 0. The van der Waals surface area contributed by atoms with E-state index in [1.54, 1.807) is 6.07 Å². The number of urea groups is 1. The number of aromatic nitrogens is 5. The van der Waals surface area contributed by atoms with Gasteiger partial charge in [-0.2, -0.15) is 4.31 Å². The molecular formula is C13H17N7O3S. The standard InChI is InChI=1S/C13H17N7O3S/c1-2-3-4-10-24(22,23)20(11-6-9-16-19-18-11)13(21)17-12-14-7-5-8-15-12/h5-9H,2-4,10H2,1H3,(H,14,15,17,21). The lowest BCUT2D eigenvalue weighted by atomic mass is 10.3. The van der Waals surface area contributed by atoms with Crippen molar-refractivity contribution >= 4 is 27.8 Å². The maximum absolute atomic E-state index is 12.6. The van der Waals surface area contributed by atoms with Crippen LogP contribution in [0.5, 0.6) is 0 Å². The molecule has 1 N–H and O–H groups in total. The first-order valence-corrected chi connectivity index (χ1v) is 8.91. The third kappa shape index (κ3) is 4.65. The first-order valence-electron chi connectivity index (χ1n) is 7.30. The highest BCUT2D eigenvalue weighted by atomic mass is 32.2. The number of sulfonamides is 1. The van der Waals surface area contributed by atoms with Gasteiger partial charge in [0.25, 0.3) is 0 Å². The first kappa shape index (κ1) is 17.7. The number of amides is 2. The van der Waals surface area contributed by atoms with Gasteiger partial charge in [-0.25, -0.2) is 23.2 Å². The van der Waals surface area contributed by atoms with E-state index in [1.165, 1.54) is 24.7 Å². The molecule has 0 saturated carbocycles. The summed E-state index contributed by atoms with van der Waals surface area (Å²) in [6.07, 6.45) is 6.13. The first-order chi connectivity index (χ1) is 11.5. The smallest absolute Gasteiger partial charge is 0.275 e. The molecule has 0 atom stereocenters. The maximum Gasteiger partial charge on any atom is 0.343 e. The predicted octanol–water partition coefficient (Wildman–Crippen LogP) is 1.22. The lowest BCUT2D eigenvalue weighted by molar-refractivity contribution is 0.259. The molecule has 0 unspecified atom stereocenters. The van der Waals surface area contributed by atoms with E-state index in [2.05, 4.69) is 30.7 Å². The summed E-state index contributed by atoms with van der Waals surface area (Å²) in [4.78, 5) is 20.1. The molecule has 0 radical (unpaired) electrons. The zero-order valence-electron chi connectivity index (χ0n) is 13.0. The van der Waals surface area contributed by atoms with Gasteiger partial charge in [-0.15, -0.1) is 10.2 Å². The van der Waals surface area contributed by atoms with E-state index < -0.39 is 16.1 Å². The predicted molar refractivity (Wildman–Crippen MR) is 86.7 cm³/mol. The Morgan fingerprint density at radius 1 is 1.21 bits per heavy atom. The lowest BCUT2D eigenvalue weighted by Crippen LogP contribution is -2.42. The van der Waals surface area contributed by atoms with Crippen LogP contribution in [0.3, 0.4) is 0 Å². The van der Waals surface area contributed by atoms with Crippen LogP contribution in [0.2, 0.25) is 0 Å². The van der Waals surface area contributed by atoms with Gasteiger partial charge in [0, 0.05) is 18.5 Å². The van der Waals surface area contributed by atoms with E-state index in [9.17, 15) is 13.2 Å². The molecule has 0 bridgehead atoms. The second-order valence-electron chi connectivity index (χ2n) is 4.77. The van der Waals surface area contributed by atoms with Crippen molar-refractivity contribution in [2.45, 2.75) is 26.2 Å². The minimum atomic E-state index is -3.93. The molecular weight excluding hydrogens is 334 g/mol. The number of nitrogens with zero attached hydrogens (tertiary/aromatic N) is 6. The molecule has 0 fully saturated rings. The van der Waals surface area contributed by atoms with Crippen molar-refractivity contribution in [1.82, 2.24) is 25.4 Å². The average Bonchev–Trinajstić information content (AvgIpc) is 2.56. The van der Waals surface area contributed by atoms with E-state index in [4.69, 9.17) is 0 Å². The number of hydrogen-bond donors (Lipinski definition) is 1. The number of hydrogen-bond acceptors (Lipinski definition) is 8. The number of rotatable bonds is 7.